The van der Waals surface area contributed by atoms with Crippen LogP contribution in [0, 0.1) is 5.92 Å². The van der Waals surface area contributed by atoms with Crippen molar-refractivity contribution in [2.75, 3.05) is 7.11 Å². The lowest BCUT2D eigenvalue weighted by atomic mass is 10.0. The van der Waals surface area contributed by atoms with Crippen molar-refractivity contribution < 1.29 is 14.3 Å². The molecule has 2 aromatic carbocycles. The number of nitrogens with zero attached hydrogens (tertiary/aromatic N) is 1. The van der Waals surface area contributed by atoms with Crippen molar-refractivity contribution in [2.24, 2.45) is 5.92 Å². The molecule has 0 aliphatic carbocycles. The summed E-state index contributed by atoms with van der Waals surface area (Å²) in [4.78, 5) is 32.6. The van der Waals surface area contributed by atoms with Crippen molar-refractivity contribution in [2.45, 2.75) is 32.9 Å². The van der Waals surface area contributed by atoms with Gasteiger partial charge in [-0.1, -0.05) is 56.8 Å². The number of aromatic amines is 1. The Kier molecular flexibility index (Phi) is 7.07. The molecule has 0 radical (unpaired) electrons. The zero-order valence-corrected chi connectivity index (χ0v) is 18.0. The first kappa shape index (κ1) is 22.1. The Labute approximate surface area is 181 Å². The first-order valence-electron chi connectivity index (χ1n) is 10.1. The zero-order valence-electron chi connectivity index (χ0n) is 18.0. The topological polar surface area (TPSA) is 93.3 Å². The molecule has 7 heteroatoms. The van der Waals surface area contributed by atoms with Gasteiger partial charge in [0.05, 0.1) is 24.1 Å². The van der Waals surface area contributed by atoms with Crippen LogP contribution in [0.1, 0.15) is 43.3 Å². The third-order valence-corrected chi connectivity index (χ3v) is 4.84. The summed E-state index contributed by atoms with van der Waals surface area (Å²) in [5.41, 5.74) is 1.78. The van der Waals surface area contributed by atoms with Crippen LogP contribution in [0.25, 0.3) is 17.0 Å². The van der Waals surface area contributed by atoms with Gasteiger partial charge in [-0.3, -0.25) is 4.79 Å². The lowest BCUT2D eigenvalue weighted by molar-refractivity contribution is 0.133. The third kappa shape index (κ3) is 5.51. The first-order valence-corrected chi connectivity index (χ1v) is 10.1. The van der Waals surface area contributed by atoms with Gasteiger partial charge in [0.25, 0.3) is 5.56 Å². The highest BCUT2D eigenvalue weighted by molar-refractivity contribution is 5.83. The van der Waals surface area contributed by atoms with Crippen LogP contribution in [-0.2, 0) is 11.3 Å². The summed E-state index contributed by atoms with van der Waals surface area (Å²) in [5.74, 6) is 1.19. The molecular formula is C24H27N3O4. The van der Waals surface area contributed by atoms with Crippen molar-refractivity contribution in [3.63, 3.8) is 0 Å². The fourth-order valence-electron chi connectivity index (χ4n) is 3.32. The molecule has 0 aliphatic rings. The number of hydrogen-bond donors (Lipinski definition) is 2. The van der Waals surface area contributed by atoms with E-state index in [2.05, 4.69) is 21.9 Å². The second-order valence-corrected chi connectivity index (χ2v) is 7.65. The molecule has 3 aromatic rings. The van der Waals surface area contributed by atoms with Crippen LogP contribution in [0.2, 0.25) is 0 Å². The van der Waals surface area contributed by atoms with Gasteiger partial charge in [0.2, 0.25) is 0 Å². The van der Waals surface area contributed by atoms with Crippen LogP contribution in [0.5, 0.6) is 5.75 Å². The van der Waals surface area contributed by atoms with Crippen LogP contribution in [0.4, 0.5) is 4.79 Å². The van der Waals surface area contributed by atoms with E-state index in [1.807, 2.05) is 44.2 Å². The standard InChI is InChI=1S/C24H27N3O4/c1-5-17-12-18-19(13-21(17)30-4)25-22(27-23(18)28)20(11-15(2)3)26-24(29)31-14-16-9-7-6-8-10-16/h5-10,12-13,15,20H,1,11,14H2,2-4H3,(H,26,29)(H,25,27,28). The Morgan fingerprint density at radius 3 is 2.65 bits per heavy atom. The largest absolute Gasteiger partial charge is 0.496 e. The maximum Gasteiger partial charge on any atom is 0.408 e. The first-order chi connectivity index (χ1) is 14.9. The van der Waals surface area contributed by atoms with E-state index < -0.39 is 12.1 Å². The molecule has 0 bridgehead atoms. The van der Waals surface area contributed by atoms with Crippen LogP contribution in [0.3, 0.4) is 0 Å². The van der Waals surface area contributed by atoms with Gasteiger partial charge >= 0.3 is 6.09 Å². The molecule has 1 amide bonds. The summed E-state index contributed by atoms with van der Waals surface area (Å²) in [5, 5.41) is 3.26. The number of carbonyl (C=O) groups excluding carboxylic acids is 1. The Hall–Kier alpha value is -3.61. The van der Waals surface area contributed by atoms with Crippen LogP contribution in [-0.4, -0.2) is 23.2 Å². The molecular weight excluding hydrogens is 394 g/mol. The van der Waals surface area contributed by atoms with E-state index in [0.717, 1.165) is 5.56 Å². The summed E-state index contributed by atoms with van der Waals surface area (Å²) in [6, 6.07) is 12.3. The van der Waals surface area contributed by atoms with Gasteiger partial charge in [-0.05, 0) is 24.0 Å². The number of hydrogen-bond acceptors (Lipinski definition) is 5. The van der Waals surface area contributed by atoms with E-state index in [1.54, 1.807) is 25.3 Å². The molecule has 3 rings (SSSR count). The normalized spacial score (nSPS) is 11.9. The van der Waals surface area contributed by atoms with Crippen LogP contribution >= 0.6 is 0 Å². The lowest BCUT2D eigenvalue weighted by Gasteiger charge is -2.20. The highest BCUT2D eigenvalue weighted by Gasteiger charge is 2.21. The number of methoxy groups -OCH3 is 1. The molecule has 1 unspecified atom stereocenters. The predicted octanol–water partition coefficient (Wildman–Crippen LogP) is 4.59. The molecule has 2 N–H and O–H groups in total. The van der Waals surface area contributed by atoms with E-state index >= 15 is 0 Å². The number of carbonyl (C=O) groups is 1. The Bertz CT molecular complexity index is 1120. The maximum atomic E-state index is 12.7. The minimum atomic E-state index is -0.572. The molecule has 0 fully saturated rings. The number of H-pyrrole nitrogens is 1. The molecule has 31 heavy (non-hydrogen) atoms. The molecule has 0 saturated heterocycles. The molecule has 0 saturated carbocycles. The highest BCUT2D eigenvalue weighted by atomic mass is 16.5. The average Bonchev–Trinajstić information content (AvgIpc) is 2.76. The second kappa shape index (κ2) is 9.93. The number of ether oxygens (including phenoxy) is 2. The van der Waals surface area contributed by atoms with Gasteiger partial charge in [-0.25, -0.2) is 9.78 Å². The van der Waals surface area contributed by atoms with Crippen LogP contribution in [0.15, 0.2) is 53.8 Å². The number of alkyl carbamates (subject to hydrolysis) is 1. The van der Waals surface area contributed by atoms with E-state index in [1.165, 1.54) is 0 Å². The molecule has 0 spiro atoms. The van der Waals surface area contributed by atoms with E-state index in [0.29, 0.717) is 34.5 Å². The van der Waals surface area contributed by atoms with Crippen molar-refractivity contribution in [3.8, 4) is 5.75 Å². The Morgan fingerprint density at radius 1 is 1.26 bits per heavy atom. The van der Waals surface area contributed by atoms with Gasteiger partial charge in [0.1, 0.15) is 18.2 Å². The monoisotopic (exact) mass is 421 g/mol. The van der Waals surface area contributed by atoms with Crippen LogP contribution < -0.4 is 15.6 Å². The van der Waals surface area contributed by atoms with E-state index in [9.17, 15) is 9.59 Å². The van der Waals surface area contributed by atoms with Gasteiger partial charge in [-0.15, -0.1) is 0 Å². The summed E-state index contributed by atoms with van der Waals surface area (Å²) < 4.78 is 10.7. The molecule has 1 atom stereocenters. The SMILES string of the molecule is C=Cc1cc2c(=O)[nH]c(C(CC(C)C)NC(=O)OCc3ccccc3)nc2cc1OC. The minimum Gasteiger partial charge on any atom is -0.496 e. The Morgan fingerprint density at radius 2 is 2.00 bits per heavy atom. The van der Waals surface area contributed by atoms with E-state index in [-0.39, 0.29) is 18.1 Å². The predicted molar refractivity (Wildman–Crippen MR) is 121 cm³/mol. The lowest BCUT2D eigenvalue weighted by Crippen LogP contribution is -2.32. The van der Waals surface area contributed by atoms with Crippen molar-refractivity contribution in [1.29, 1.82) is 0 Å². The average molecular weight is 421 g/mol. The maximum absolute atomic E-state index is 12.7. The zero-order chi connectivity index (χ0) is 22.4. The number of benzene rings is 2. The smallest absolute Gasteiger partial charge is 0.408 e. The molecule has 7 nitrogen and oxygen atoms in total. The Balaban J connectivity index is 1.87. The summed E-state index contributed by atoms with van der Waals surface area (Å²) in [7, 11) is 1.55. The van der Waals surface area contributed by atoms with Gasteiger partial charge < -0.3 is 19.8 Å². The van der Waals surface area contributed by atoms with Gasteiger partial charge in [-0.2, -0.15) is 0 Å². The van der Waals surface area contributed by atoms with Crippen molar-refractivity contribution in [3.05, 3.63) is 76.3 Å². The summed E-state index contributed by atoms with van der Waals surface area (Å²) in [6.07, 6.45) is 1.63. The van der Waals surface area contributed by atoms with Crippen molar-refractivity contribution in [1.82, 2.24) is 15.3 Å². The number of nitrogens with one attached hydrogen (secondary N) is 2. The summed E-state index contributed by atoms with van der Waals surface area (Å²) in [6.45, 7) is 7.97. The minimum absolute atomic E-state index is 0.157. The van der Waals surface area contributed by atoms with Gasteiger partial charge in [0, 0.05) is 11.6 Å². The highest BCUT2D eigenvalue weighted by Crippen LogP contribution is 2.25. The summed E-state index contributed by atoms with van der Waals surface area (Å²) >= 11 is 0. The molecule has 0 aliphatic heterocycles. The molecule has 162 valence electrons. The molecule has 1 aromatic heterocycles. The van der Waals surface area contributed by atoms with E-state index in [4.69, 9.17) is 9.47 Å². The number of rotatable bonds is 8. The fourth-order valence-corrected chi connectivity index (χ4v) is 3.32. The quantitative estimate of drug-likeness (QED) is 0.555. The fraction of sp³-hybridized carbons (Fsp3) is 0.292. The van der Waals surface area contributed by atoms with Gasteiger partial charge in [0.15, 0.2) is 0 Å². The third-order valence-electron chi connectivity index (χ3n) is 4.84. The van der Waals surface area contributed by atoms with Crippen molar-refractivity contribution >= 4 is 23.1 Å². The number of aromatic nitrogens is 2. The molecule has 1 heterocycles. The number of fused-ring (bicyclic) bond motifs is 1. The second-order valence-electron chi connectivity index (χ2n) is 7.65. The number of amides is 1.